The predicted molar refractivity (Wildman–Crippen MR) is 87.8 cm³/mol. The molecule has 3 aliphatic rings. The van der Waals surface area contributed by atoms with Crippen molar-refractivity contribution < 1.29 is 0 Å². The lowest BCUT2D eigenvalue weighted by Gasteiger charge is -2.22. The van der Waals surface area contributed by atoms with Crippen LogP contribution in [0.3, 0.4) is 0 Å². The first-order chi connectivity index (χ1) is 10.9. The molecular formula is C20H18N2. The smallest absolute Gasteiger partial charge is 0.106 e. The van der Waals surface area contributed by atoms with Crippen LogP contribution < -0.4 is 0 Å². The van der Waals surface area contributed by atoms with Gasteiger partial charge in [0.15, 0.2) is 0 Å². The van der Waals surface area contributed by atoms with Crippen LogP contribution in [-0.2, 0) is 0 Å². The van der Waals surface area contributed by atoms with Crippen molar-refractivity contribution in [3.63, 3.8) is 0 Å². The van der Waals surface area contributed by atoms with Crippen molar-refractivity contribution in [3.8, 4) is 0 Å². The number of fused-ring (bicyclic) bond motifs is 6. The van der Waals surface area contributed by atoms with Gasteiger partial charge in [-0.3, -0.25) is 0 Å². The summed E-state index contributed by atoms with van der Waals surface area (Å²) in [6.07, 6.45) is 3.65. The summed E-state index contributed by atoms with van der Waals surface area (Å²) in [6.45, 7) is 0. The standard InChI is InChI=1S/C20H18N2/c1-2-7-13(8-3-1)18-19-16-10-5-4-9-14(16)15-11-6-12-17(15)20(18)22-21-19/h1-5,7-10,18-20H,6,11-12H2/t18-,19-,20+/m0/s1. The Hall–Kier alpha value is -2.22. The first-order valence-corrected chi connectivity index (χ1v) is 8.19. The Kier molecular flexibility index (Phi) is 2.60. The van der Waals surface area contributed by atoms with Crippen molar-refractivity contribution in [2.75, 3.05) is 0 Å². The highest BCUT2D eigenvalue weighted by molar-refractivity contribution is 5.76. The molecular weight excluding hydrogens is 268 g/mol. The summed E-state index contributed by atoms with van der Waals surface area (Å²) in [5.74, 6) is 0.368. The zero-order valence-corrected chi connectivity index (χ0v) is 12.4. The number of benzene rings is 2. The summed E-state index contributed by atoms with van der Waals surface area (Å²) in [6, 6.07) is 20.1. The number of hydrogen-bond donors (Lipinski definition) is 0. The number of nitrogens with zero attached hydrogens (tertiary/aromatic N) is 2. The number of allylic oxidation sites excluding steroid dienone is 1. The van der Waals surface area contributed by atoms with Gasteiger partial charge in [-0.25, -0.2) is 0 Å². The average molecular weight is 286 g/mol. The molecule has 3 atom stereocenters. The van der Waals surface area contributed by atoms with E-state index < -0.39 is 0 Å². The maximum absolute atomic E-state index is 4.72. The Balaban J connectivity index is 1.76. The van der Waals surface area contributed by atoms with Crippen molar-refractivity contribution in [1.29, 1.82) is 0 Å². The third kappa shape index (κ3) is 1.61. The maximum Gasteiger partial charge on any atom is 0.106 e. The minimum absolute atomic E-state index is 0.175. The third-order valence-electron chi connectivity index (χ3n) is 5.40. The Bertz CT molecular complexity index is 788. The number of rotatable bonds is 1. The van der Waals surface area contributed by atoms with E-state index in [1.165, 1.54) is 36.0 Å². The SMILES string of the molecule is c1ccc([C@@H]2[C@@H]3N=N[C@H]2c2ccccc2C2=C3CCC2)cc1. The minimum atomic E-state index is 0.175. The van der Waals surface area contributed by atoms with Crippen LogP contribution in [0.1, 0.15) is 47.9 Å². The van der Waals surface area contributed by atoms with Crippen LogP contribution in [0.2, 0.25) is 0 Å². The Morgan fingerprint density at radius 2 is 1.55 bits per heavy atom. The molecule has 0 amide bonds. The second-order valence-electron chi connectivity index (χ2n) is 6.50. The van der Waals surface area contributed by atoms with E-state index in [2.05, 4.69) is 54.6 Å². The normalized spacial score (nSPS) is 28.5. The van der Waals surface area contributed by atoms with Gasteiger partial charge >= 0.3 is 0 Å². The lowest BCUT2D eigenvalue weighted by Crippen LogP contribution is -2.18. The van der Waals surface area contributed by atoms with Gasteiger partial charge in [0.25, 0.3) is 0 Å². The molecule has 2 bridgehead atoms. The molecule has 2 aliphatic carbocycles. The molecule has 0 saturated carbocycles. The highest BCUT2D eigenvalue weighted by Gasteiger charge is 2.44. The van der Waals surface area contributed by atoms with Gasteiger partial charge < -0.3 is 0 Å². The fraction of sp³-hybridized carbons (Fsp3) is 0.300. The summed E-state index contributed by atoms with van der Waals surface area (Å²) >= 11 is 0. The molecule has 2 nitrogen and oxygen atoms in total. The molecule has 108 valence electrons. The van der Waals surface area contributed by atoms with Gasteiger partial charge in [0.05, 0.1) is 0 Å². The topological polar surface area (TPSA) is 24.7 Å². The second kappa shape index (κ2) is 4.64. The summed E-state index contributed by atoms with van der Waals surface area (Å²) < 4.78 is 0. The molecule has 0 spiro atoms. The maximum atomic E-state index is 4.72. The first-order valence-electron chi connectivity index (χ1n) is 8.19. The van der Waals surface area contributed by atoms with Gasteiger partial charge in [0.2, 0.25) is 0 Å². The van der Waals surface area contributed by atoms with E-state index in [0.29, 0.717) is 5.92 Å². The highest BCUT2D eigenvalue weighted by atomic mass is 15.2. The molecule has 1 heterocycles. The molecule has 0 saturated heterocycles. The van der Waals surface area contributed by atoms with E-state index in [1.807, 2.05) is 0 Å². The minimum Gasteiger partial charge on any atom is -0.185 e. The van der Waals surface area contributed by atoms with Crippen LogP contribution in [0.15, 0.2) is 70.4 Å². The van der Waals surface area contributed by atoms with Crippen molar-refractivity contribution in [2.24, 2.45) is 10.2 Å². The first kappa shape index (κ1) is 12.3. The molecule has 0 unspecified atom stereocenters. The van der Waals surface area contributed by atoms with E-state index in [1.54, 1.807) is 11.1 Å². The number of hydrogen-bond acceptors (Lipinski definition) is 2. The molecule has 1 aliphatic heterocycles. The summed E-state index contributed by atoms with van der Waals surface area (Å²) in [5, 5.41) is 9.43. The summed E-state index contributed by atoms with van der Waals surface area (Å²) in [5.41, 5.74) is 7.28. The van der Waals surface area contributed by atoms with Crippen molar-refractivity contribution >= 4 is 5.57 Å². The molecule has 2 aromatic rings. The number of azo groups is 1. The zero-order valence-electron chi connectivity index (χ0n) is 12.4. The van der Waals surface area contributed by atoms with Crippen LogP contribution in [0.25, 0.3) is 5.57 Å². The van der Waals surface area contributed by atoms with Crippen LogP contribution in [0.5, 0.6) is 0 Å². The quantitative estimate of drug-likeness (QED) is 0.680. The molecule has 22 heavy (non-hydrogen) atoms. The summed E-state index contributed by atoms with van der Waals surface area (Å²) in [7, 11) is 0. The fourth-order valence-electron chi connectivity index (χ4n) is 4.47. The zero-order chi connectivity index (χ0) is 14.5. The van der Waals surface area contributed by atoms with E-state index >= 15 is 0 Å². The Morgan fingerprint density at radius 1 is 0.773 bits per heavy atom. The van der Waals surface area contributed by atoms with Gasteiger partial charge in [-0.05, 0) is 47.1 Å². The Labute approximate surface area is 130 Å². The van der Waals surface area contributed by atoms with Crippen LogP contribution in [-0.4, -0.2) is 6.04 Å². The van der Waals surface area contributed by atoms with Gasteiger partial charge in [0.1, 0.15) is 12.1 Å². The highest BCUT2D eigenvalue weighted by Crippen LogP contribution is 2.54. The lowest BCUT2D eigenvalue weighted by atomic mass is 9.82. The van der Waals surface area contributed by atoms with Crippen molar-refractivity contribution in [3.05, 3.63) is 76.9 Å². The molecule has 0 fully saturated rings. The monoisotopic (exact) mass is 286 g/mol. The van der Waals surface area contributed by atoms with Crippen molar-refractivity contribution in [2.45, 2.75) is 37.3 Å². The second-order valence-corrected chi connectivity index (χ2v) is 6.50. The van der Waals surface area contributed by atoms with Crippen molar-refractivity contribution in [1.82, 2.24) is 0 Å². The molecule has 2 aromatic carbocycles. The summed E-state index contributed by atoms with van der Waals surface area (Å²) in [4.78, 5) is 0. The fourth-order valence-corrected chi connectivity index (χ4v) is 4.47. The largest absolute Gasteiger partial charge is 0.185 e. The average Bonchev–Trinajstić information content (AvgIpc) is 3.19. The third-order valence-corrected chi connectivity index (χ3v) is 5.40. The van der Waals surface area contributed by atoms with Gasteiger partial charge in [-0.2, -0.15) is 10.2 Å². The lowest BCUT2D eigenvalue weighted by molar-refractivity contribution is 0.571. The molecule has 5 rings (SSSR count). The van der Waals surface area contributed by atoms with Crippen LogP contribution >= 0.6 is 0 Å². The Morgan fingerprint density at radius 3 is 2.45 bits per heavy atom. The van der Waals surface area contributed by atoms with Gasteiger partial charge in [-0.1, -0.05) is 54.6 Å². The molecule has 2 heteroatoms. The van der Waals surface area contributed by atoms with E-state index in [9.17, 15) is 0 Å². The van der Waals surface area contributed by atoms with E-state index in [0.717, 1.165) is 0 Å². The molecule has 0 radical (unpaired) electrons. The van der Waals surface area contributed by atoms with Gasteiger partial charge in [-0.15, -0.1) is 0 Å². The van der Waals surface area contributed by atoms with E-state index in [-0.39, 0.29) is 12.1 Å². The van der Waals surface area contributed by atoms with E-state index in [4.69, 9.17) is 10.2 Å². The van der Waals surface area contributed by atoms with Crippen LogP contribution in [0.4, 0.5) is 0 Å². The molecule has 0 aromatic heterocycles. The van der Waals surface area contributed by atoms with Crippen LogP contribution in [0, 0.1) is 0 Å². The molecule has 0 N–H and O–H groups in total. The predicted octanol–water partition coefficient (Wildman–Crippen LogP) is 5.30. The van der Waals surface area contributed by atoms with Gasteiger partial charge in [0, 0.05) is 5.92 Å².